The number of carbonyl (C=O) groups excluding carboxylic acids is 1. The quantitative estimate of drug-likeness (QED) is 0.352. The molecule has 8 nitrogen and oxygen atoms in total. The first-order valence-corrected chi connectivity index (χ1v) is 13.8. The second kappa shape index (κ2) is 10.5. The number of benzene rings is 1. The topological polar surface area (TPSA) is 70.4 Å². The van der Waals surface area contributed by atoms with Crippen molar-refractivity contribution in [1.29, 1.82) is 0 Å². The van der Waals surface area contributed by atoms with Gasteiger partial charge in [-0.2, -0.15) is 0 Å². The van der Waals surface area contributed by atoms with E-state index in [1.165, 1.54) is 22.2 Å². The minimum absolute atomic E-state index is 0.0221. The minimum atomic E-state index is -0.258. The van der Waals surface area contributed by atoms with Crippen molar-refractivity contribution in [2.45, 2.75) is 18.9 Å². The molecule has 3 aliphatic heterocycles. The molecule has 1 amide bonds. The van der Waals surface area contributed by atoms with Crippen molar-refractivity contribution < 1.29 is 13.9 Å². The summed E-state index contributed by atoms with van der Waals surface area (Å²) in [6.07, 6.45) is 5.15. The lowest BCUT2D eigenvalue weighted by Crippen LogP contribution is -2.47. The van der Waals surface area contributed by atoms with Crippen LogP contribution in [-0.4, -0.2) is 69.9 Å². The molecule has 3 aliphatic rings. The van der Waals surface area contributed by atoms with Crippen molar-refractivity contribution in [1.82, 2.24) is 14.3 Å². The lowest BCUT2D eigenvalue weighted by Gasteiger charge is -2.37. The smallest absolute Gasteiger partial charge is 0.267 e. The highest BCUT2D eigenvalue weighted by molar-refractivity contribution is 8.26. The van der Waals surface area contributed by atoms with Gasteiger partial charge in [0.2, 0.25) is 0 Å². The molecule has 1 unspecified atom stereocenters. The van der Waals surface area contributed by atoms with Crippen molar-refractivity contribution in [3.05, 3.63) is 75.3 Å². The molecule has 6 rings (SSSR count). The zero-order valence-corrected chi connectivity index (χ0v) is 22.2. The van der Waals surface area contributed by atoms with Crippen molar-refractivity contribution in [2.75, 3.05) is 49.1 Å². The maximum atomic E-state index is 14.4. The van der Waals surface area contributed by atoms with E-state index in [1.807, 2.05) is 21.9 Å². The number of ether oxygens (including phenoxy) is 1. The molecule has 1 aromatic carbocycles. The normalized spacial score (nSPS) is 21.3. The summed E-state index contributed by atoms with van der Waals surface area (Å²) in [5.41, 5.74) is 1.16. The highest BCUT2D eigenvalue weighted by Gasteiger charge is 2.35. The molecule has 0 aliphatic carbocycles. The Morgan fingerprint density at radius 2 is 1.84 bits per heavy atom. The predicted molar refractivity (Wildman–Crippen MR) is 151 cm³/mol. The van der Waals surface area contributed by atoms with Gasteiger partial charge in [0.15, 0.2) is 0 Å². The van der Waals surface area contributed by atoms with Gasteiger partial charge in [0.1, 0.15) is 21.6 Å². The maximum Gasteiger partial charge on any atom is 0.267 e. The molecule has 11 heteroatoms. The largest absolute Gasteiger partial charge is 0.376 e. The lowest BCUT2D eigenvalue weighted by molar-refractivity contribution is -0.123. The molecule has 0 spiro atoms. The van der Waals surface area contributed by atoms with E-state index in [9.17, 15) is 14.0 Å². The van der Waals surface area contributed by atoms with Crippen LogP contribution in [0.15, 0.2) is 58.4 Å². The monoisotopic (exact) mass is 551 g/mol. The van der Waals surface area contributed by atoms with E-state index in [4.69, 9.17) is 21.9 Å². The van der Waals surface area contributed by atoms with E-state index in [0.29, 0.717) is 71.3 Å². The maximum absolute atomic E-state index is 14.4. The van der Waals surface area contributed by atoms with Crippen molar-refractivity contribution in [3.63, 3.8) is 0 Å². The van der Waals surface area contributed by atoms with E-state index in [0.717, 1.165) is 12.8 Å². The fraction of sp³-hybridized carbons (Fsp3) is 0.333. The molecule has 3 fully saturated rings. The number of fused-ring (bicyclic) bond motifs is 1. The van der Waals surface area contributed by atoms with Gasteiger partial charge >= 0.3 is 0 Å². The number of thiocarbonyl (C=S) groups is 1. The Hall–Kier alpha value is -3.28. The summed E-state index contributed by atoms with van der Waals surface area (Å²) in [5.74, 6) is 0.0379. The van der Waals surface area contributed by atoms with E-state index in [-0.39, 0.29) is 23.4 Å². The van der Waals surface area contributed by atoms with Crippen LogP contribution in [0, 0.1) is 5.82 Å². The number of pyridine rings is 1. The number of aromatic nitrogens is 2. The van der Waals surface area contributed by atoms with Gasteiger partial charge in [0, 0.05) is 39.0 Å². The van der Waals surface area contributed by atoms with Gasteiger partial charge in [-0.3, -0.25) is 18.9 Å². The number of piperazine rings is 1. The molecule has 3 saturated heterocycles. The summed E-state index contributed by atoms with van der Waals surface area (Å²) in [7, 11) is 0. The summed E-state index contributed by atoms with van der Waals surface area (Å²) in [6, 6.07) is 12.1. The van der Waals surface area contributed by atoms with Crippen LogP contribution >= 0.6 is 24.0 Å². The summed E-state index contributed by atoms with van der Waals surface area (Å²) in [6.45, 7) is 3.35. The molecular weight excluding hydrogens is 525 g/mol. The third-order valence-corrected chi connectivity index (χ3v) is 8.46. The number of para-hydroxylation sites is 1. The van der Waals surface area contributed by atoms with Crippen LogP contribution in [0.4, 0.5) is 15.9 Å². The molecule has 0 radical (unpaired) electrons. The number of amides is 1. The van der Waals surface area contributed by atoms with Gasteiger partial charge in [0.05, 0.1) is 28.8 Å². The Morgan fingerprint density at radius 3 is 2.61 bits per heavy atom. The number of rotatable bonds is 5. The number of hydrogen-bond donors (Lipinski definition) is 0. The van der Waals surface area contributed by atoms with E-state index < -0.39 is 0 Å². The van der Waals surface area contributed by atoms with Gasteiger partial charge in [0.25, 0.3) is 11.5 Å². The molecule has 5 heterocycles. The van der Waals surface area contributed by atoms with E-state index >= 15 is 0 Å². The highest BCUT2D eigenvalue weighted by atomic mass is 32.2. The molecule has 0 saturated carbocycles. The molecule has 0 N–H and O–H groups in total. The second-order valence-electron chi connectivity index (χ2n) is 9.44. The molecule has 0 bridgehead atoms. The number of hydrogen-bond acceptors (Lipinski definition) is 8. The first kappa shape index (κ1) is 25.0. The van der Waals surface area contributed by atoms with E-state index in [2.05, 4.69) is 0 Å². The van der Waals surface area contributed by atoms with Crippen LogP contribution in [-0.2, 0) is 9.53 Å². The average Bonchev–Trinajstić information content (AvgIpc) is 3.54. The highest BCUT2D eigenvalue weighted by Crippen LogP contribution is 2.34. The number of carbonyl (C=O) groups is 1. The first-order valence-electron chi connectivity index (χ1n) is 12.6. The third-order valence-electron chi connectivity index (χ3n) is 7.08. The predicted octanol–water partition coefficient (Wildman–Crippen LogP) is 3.54. The van der Waals surface area contributed by atoms with Gasteiger partial charge in [-0.25, -0.2) is 9.37 Å². The van der Waals surface area contributed by atoms with Crippen LogP contribution in [0.1, 0.15) is 18.4 Å². The molecular formula is C27H26FN5O3S2. The third kappa shape index (κ3) is 4.70. The SMILES string of the molecule is O=C1/C(=C\c2c(N3CCN(c4ccccc4F)CC3)nc3ccccn3c2=O)SC(=S)N1CC1CCCO1. The molecule has 196 valence electrons. The zero-order chi connectivity index (χ0) is 26.2. The van der Waals surface area contributed by atoms with Gasteiger partial charge < -0.3 is 14.5 Å². The Balaban J connectivity index is 1.33. The molecule has 38 heavy (non-hydrogen) atoms. The van der Waals surface area contributed by atoms with Crippen LogP contribution in [0.2, 0.25) is 0 Å². The number of thioether (sulfide) groups is 1. The zero-order valence-electron chi connectivity index (χ0n) is 20.6. The van der Waals surface area contributed by atoms with Gasteiger partial charge in [-0.1, -0.05) is 42.2 Å². The van der Waals surface area contributed by atoms with Gasteiger partial charge in [-0.15, -0.1) is 0 Å². The molecule has 2 aromatic heterocycles. The fourth-order valence-electron chi connectivity index (χ4n) is 5.11. The summed E-state index contributed by atoms with van der Waals surface area (Å²) in [4.78, 5) is 37.8. The summed E-state index contributed by atoms with van der Waals surface area (Å²) >= 11 is 6.71. The van der Waals surface area contributed by atoms with Gasteiger partial charge in [-0.05, 0) is 43.2 Å². The lowest BCUT2D eigenvalue weighted by atomic mass is 10.2. The van der Waals surface area contributed by atoms with Crippen LogP contribution in [0.3, 0.4) is 0 Å². The second-order valence-corrected chi connectivity index (χ2v) is 11.1. The van der Waals surface area contributed by atoms with Crippen molar-refractivity contribution in [2.24, 2.45) is 0 Å². The number of halogens is 1. The summed E-state index contributed by atoms with van der Waals surface area (Å²) in [5, 5.41) is 0. The number of nitrogens with zero attached hydrogens (tertiary/aromatic N) is 5. The van der Waals surface area contributed by atoms with Crippen molar-refractivity contribution >= 4 is 57.4 Å². The standard InChI is InChI=1S/C27H26FN5O3S2/c28-20-7-1-2-8-21(20)30-11-13-31(14-12-30)24-19(25(34)32-10-4-3-9-23(32)29-24)16-22-26(35)33(27(37)38-22)17-18-6-5-15-36-18/h1-4,7-10,16,18H,5-6,11-15,17H2/b22-16+. The van der Waals surface area contributed by atoms with Crippen LogP contribution in [0.25, 0.3) is 11.7 Å². The Bertz CT molecular complexity index is 1500. The Labute approximate surface area is 228 Å². The first-order chi connectivity index (χ1) is 18.5. The fourth-order valence-corrected chi connectivity index (χ4v) is 6.36. The Kier molecular flexibility index (Phi) is 6.89. The average molecular weight is 552 g/mol. The molecule has 3 aromatic rings. The molecule has 1 atom stereocenters. The number of anilines is 2. The van der Waals surface area contributed by atoms with Crippen LogP contribution in [0.5, 0.6) is 0 Å². The Morgan fingerprint density at radius 1 is 1.08 bits per heavy atom. The van der Waals surface area contributed by atoms with Crippen molar-refractivity contribution in [3.8, 4) is 0 Å². The summed E-state index contributed by atoms with van der Waals surface area (Å²) < 4.78 is 22.0. The van der Waals surface area contributed by atoms with Crippen LogP contribution < -0.4 is 15.4 Å². The van der Waals surface area contributed by atoms with E-state index in [1.54, 1.807) is 41.4 Å². The minimum Gasteiger partial charge on any atom is -0.376 e.